The molecule has 0 radical (unpaired) electrons. The van der Waals surface area contributed by atoms with Gasteiger partial charge in [-0.15, -0.1) is 0 Å². The van der Waals surface area contributed by atoms with Crippen LogP contribution in [0.15, 0.2) is 4.34 Å². The number of esters is 1. The SMILES string of the molecule is COCCCSc1nc(Cl)c(C(=O)OC)s1. The average molecular weight is 282 g/mol. The molecule has 0 atom stereocenters. The summed E-state index contributed by atoms with van der Waals surface area (Å²) in [5.74, 6) is 0.449. The standard InChI is InChI=1S/C9H12ClNO3S2/c1-13-4-3-5-15-9-11-7(10)6(16-9)8(12)14-2/h3-5H2,1-2H3. The van der Waals surface area contributed by atoms with Crippen LogP contribution >= 0.6 is 34.7 Å². The number of rotatable bonds is 6. The van der Waals surface area contributed by atoms with Crippen LogP contribution in [-0.4, -0.2) is 37.5 Å². The van der Waals surface area contributed by atoms with Crippen LogP contribution < -0.4 is 0 Å². The number of ether oxygens (including phenoxy) is 2. The fraction of sp³-hybridized carbons (Fsp3) is 0.556. The Morgan fingerprint density at radius 2 is 2.31 bits per heavy atom. The number of hydrogen-bond donors (Lipinski definition) is 0. The number of halogens is 1. The molecule has 7 heteroatoms. The largest absolute Gasteiger partial charge is 0.465 e. The molecule has 1 rings (SSSR count). The molecule has 0 aliphatic carbocycles. The maximum absolute atomic E-state index is 11.3. The number of thiazole rings is 1. The van der Waals surface area contributed by atoms with E-state index in [1.165, 1.54) is 18.4 Å². The van der Waals surface area contributed by atoms with E-state index in [2.05, 4.69) is 9.72 Å². The Balaban J connectivity index is 2.52. The van der Waals surface area contributed by atoms with Gasteiger partial charge in [0.05, 0.1) is 7.11 Å². The molecule has 0 spiro atoms. The molecule has 1 aromatic rings. The van der Waals surface area contributed by atoms with Gasteiger partial charge in [-0.3, -0.25) is 0 Å². The van der Waals surface area contributed by atoms with Gasteiger partial charge in [0.1, 0.15) is 0 Å². The summed E-state index contributed by atoms with van der Waals surface area (Å²) in [5.41, 5.74) is 0. The van der Waals surface area contributed by atoms with Crippen LogP contribution in [0.25, 0.3) is 0 Å². The number of carbonyl (C=O) groups is 1. The summed E-state index contributed by atoms with van der Waals surface area (Å²) in [7, 11) is 2.99. The molecule has 0 N–H and O–H groups in total. The van der Waals surface area contributed by atoms with Gasteiger partial charge in [-0.2, -0.15) is 0 Å². The lowest BCUT2D eigenvalue weighted by Gasteiger charge is -1.96. The number of thioether (sulfide) groups is 1. The third kappa shape index (κ3) is 3.93. The Labute approximate surface area is 107 Å². The van der Waals surface area contributed by atoms with Gasteiger partial charge in [0.25, 0.3) is 0 Å². The highest BCUT2D eigenvalue weighted by atomic mass is 35.5. The van der Waals surface area contributed by atoms with E-state index < -0.39 is 5.97 Å². The van der Waals surface area contributed by atoms with E-state index in [4.69, 9.17) is 16.3 Å². The Morgan fingerprint density at radius 3 is 2.94 bits per heavy atom. The predicted molar refractivity (Wildman–Crippen MR) is 65.7 cm³/mol. The number of nitrogens with zero attached hydrogens (tertiary/aromatic N) is 1. The zero-order valence-corrected chi connectivity index (χ0v) is 11.4. The molecule has 1 heterocycles. The molecule has 0 saturated heterocycles. The fourth-order valence-corrected chi connectivity index (χ4v) is 3.24. The molecule has 16 heavy (non-hydrogen) atoms. The zero-order chi connectivity index (χ0) is 12.0. The van der Waals surface area contributed by atoms with Crippen LogP contribution in [0.4, 0.5) is 0 Å². The van der Waals surface area contributed by atoms with Crippen molar-refractivity contribution in [3.8, 4) is 0 Å². The predicted octanol–water partition coefficient (Wildman–Crippen LogP) is 2.71. The van der Waals surface area contributed by atoms with E-state index in [1.54, 1.807) is 18.9 Å². The second-order valence-corrected chi connectivity index (χ2v) is 5.49. The lowest BCUT2D eigenvalue weighted by Crippen LogP contribution is -1.98. The van der Waals surface area contributed by atoms with Gasteiger partial charge in [0.2, 0.25) is 0 Å². The summed E-state index contributed by atoms with van der Waals surface area (Å²) < 4.78 is 10.3. The van der Waals surface area contributed by atoms with Crippen molar-refractivity contribution in [3.05, 3.63) is 10.0 Å². The third-order valence-electron chi connectivity index (χ3n) is 1.66. The molecule has 0 unspecified atom stereocenters. The minimum absolute atomic E-state index is 0.214. The molecule has 90 valence electrons. The number of methoxy groups -OCH3 is 2. The summed E-state index contributed by atoms with van der Waals surface area (Å²) in [5, 5.41) is 0.214. The first-order valence-corrected chi connectivity index (χ1v) is 6.73. The van der Waals surface area contributed by atoms with E-state index in [1.807, 2.05) is 0 Å². The first-order chi connectivity index (χ1) is 7.69. The van der Waals surface area contributed by atoms with Gasteiger partial charge in [0.15, 0.2) is 14.4 Å². The quantitative estimate of drug-likeness (QED) is 0.456. The highest BCUT2D eigenvalue weighted by Gasteiger charge is 2.17. The van der Waals surface area contributed by atoms with Crippen molar-refractivity contribution < 1.29 is 14.3 Å². The van der Waals surface area contributed by atoms with Crippen LogP contribution in [0.5, 0.6) is 0 Å². The first-order valence-electron chi connectivity index (χ1n) is 4.55. The van der Waals surface area contributed by atoms with Crippen molar-refractivity contribution in [1.29, 1.82) is 0 Å². The van der Waals surface area contributed by atoms with Gasteiger partial charge in [-0.1, -0.05) is 34.7 Å². The molecule has 0 amide bonds. The van der Waals surface area contributed by atoms with Crippen molar-refractivity contribution in [2.24, 2.45) is 0 Å². The fourth-order valence-electron chi connectivity index (χ4n) is 0.926. The topological polar surface area (TPSA) is 48.4 Å². The number of hydrogen-bond acceptors (Lipinski definition) is 6. The molecule has 0 aliphatic heterocycles. The highest BCUT2D eigenvalue weighted by molar-refractivity contribution is 8.01. The summed E-state index contributed by atoms with van der Waals surface area (Å²) in [6.45, 7) is 0.718. The van der Waals surface area contributed by atoms with Crippen molar-refractivity contribution in [2.75, 3.05) is 26.6 Å². The minimum Gasteiger partial charge on any atom is -0.465 e. The Bertz CT molecular complexity index is 357. The van der Waals surface area contributed by atoms with E-state index in [9.17, 15) is 4.79 Å². The molecule has 0 bridgehead atoms. The van der Waals surface area contributed by atoms with Crippen LogP contribution in [-0.2, 0) is 9.47 Å². The number of carbonyl (C=O) groups excluding carboxylic acids is 1. The number of aromatic nitrogens is 1. The van der Waals surface area contributed by atoms with Crippen molar-refractivity contribution in [3.63, 3.8) is 0 Å². The molecule has 0 aliphatic rings. The summed E-state index contributed by atoms with van der Waals surface area (Å²) in [4.78, 5) is 15.7. The molecule has 1 aromatic heterocycles. The second kappa shape index (κ2) is 7.11. The average Bonchev–Trinajstić information content (AvgIpc) is 2.65. The first kappa shape index (κ1) is 13.8. The van der Waals surface area contributed by atoms with E-state index in [0.717, 1.165) is 23.1 Å². The summed E-state index contributed by atoms with van der Waals surface area (Å²) in [6.07, 6.45) is 0.936. The normalized spacial score (nSPS) is 10.4. The van der Waals surface area contributed by atoms with Crippen LogP contribution in [0.3, 0.4) is 0 Å². The molecule has 4 nitrogen and oxygen atoms in total. The lowest BCUT2D eigenvalue weighted by molar-refractivity contribution is 0.0606. The molecule has 0 aromatic carbocycles. The Kier molecular flexibility index (Phi) is 6.12. The van der Waals surface area contributed by atoms with Gasteiger partial charge in [-0.25, -0.2) is 9.78 Å². The third-order valence-corrected chi connectivity index (χ3v) is 4.31. The van der Waals surface area contributed by atoms with Crippen LogP contribution in [0, 0.1) is 0 Å². The molecule has 0 saturated carbocycles. The van der Waals surface area contributed by atoms with Gasteiger partial charge >= 0.3 is 5.97 Å². The maximum Gasteiger partial charge on any atom is 0.351 e. The van der Waals surface area contributed by atoms with E-state index in [-0.39, 0.29) is 5.15 Å². The lowest BCUT2D eigenvalue weighted by atomic mass is 10.5. The smallest absolute Gasteiger partial charge is 0.351 e. The Hall–Kier alpha value is -0.300. The Morgan fingerprint density at radius 1 is 1.56 bits per heavy atom. The van der Waals surface area contributed by atoms with Crippen molar-refractivity contribution in [1.82, 2.24) is 4.98 Å². The van der Waals surface area contributed by atoms with Crippen molar-refractivity contribution >= 4 is 40.7 Å². The molecule has 0 fully saturated rings. The summed E-state index contributed by atoms with van der Waals surface area (Å²) in [6, 6.07) is 0. The van der Waals surface area contributed by atoms with E-state index in [0.29, 0.717) is 4.88 Å². The minimum atomic E-state index is -0.439. The highest BCUT2D eigenvalue weighted by Crippen LogP contribution is 2.30. The van der Waals surface area contributed by atoms with E-state index >= 15 is 0 Å². The van der Waals surface area contributed by atoms with Crippen LogP contribution in [0.2, 0.25) is 5.15 Å². The molecular formula is C9H12ClNO3S2. The monoisotopic (exact) mass is 281 g/mol. The zero-order valence-electron chi connectivity index (χ0n) is 8.99. The maximum atomic E-state index is 11.3. The second-order valence-electron chi connectivity index (χ2n) is 2.79. The summed E-state index contributed by atoms with van der Waals surface area (Å²) >= 11 is 8.63. The molecular weight excluding hydrogens is 270 g/mol. The van der Waals surface area contributed by atoms with Crippen molar-refractivity contribution in [2.45, 2.75) is 10.8 Å². The van der Waals surface area contributed by atoms with Gasteiger partial charge in [0, 0.05) is 19.5 Å². The van der Waals surface area contributed by atoms with Gasteiger partial charge < -0.3 is 9.47 Å². The van der Waals surface area contributed by atoms with Gasteiger partial charge in [-0.05, 0) is 6.42 Å². The van der Waals surface area contributed by atoms with Crippen LogP contribution in [0.1, 0.15) is 16.1 Å².